The molecule has 376 valence electrons. The van der Waals surface area contributed by atoms with Crippen molar-refractivity contribution in [3.8, 4) is 123 Å². The fourth-order valence-electron chi connectivity index (χ4n) is 9.89. The van der Waals surface area contributed by atoms with E-state index in [4.69, 9.17) is 4.74 Å². The molecule has 6 nitrogen and oxygen atoms in total. The summed E-state index contributed by atoms with van der Waals surface area (Å²) in [6.07, 6.45) is 8.85. The zero-order valence-corrected chi connectivity index (χ0v) is 46.7. The van der Waals surface area contributed by atoms with Crippen molar-refractivity contribution in [1.29, 1.82) is 0 Å². The Morgan fingerprint density at radius 3 is 1.25 bits per heavy atom. The second-order valence-corrected chi connectivity index (χ2v) is 18.4. The van der Waals surface area contributed by atoms with E-state index in [0.717, 1.165) is 111 Å². The van der Waals surface area contributed by atoms with Crippen LogP contribution in [0, 0.1) is 30.3 Å². The summed E-state index contributed by atoms with van der Waals surface area (Å²) in [7, 11) is 0. The van der Waals surface area contributed by atoms with Gasteiger partial charge in [-0.1, -0.05) is 178 Å². The van der Waals surface area contributed by atoms with E-state index >= 15 is 0 Å². The van der Waals surface area contributed by atoms with E-state index in [9.17, 15) is 0 Å². The van der Waals surface area contributed by atoms with Crippen molar-refractivity contribution >= 4 is 10.8 Å². The van der Waals surface area contributed by atoms with Crippen LogP contribution in [-0.2, 0) is 41.2 Å². The fourth-order valence-corrected chi connectivity index (χ4v) is 9.89. The Bertz CT molecular complexity index is 4080. The van der Waals surface area contributed by atoms with E-state index in [1.54, 1.807) is 24.7 Å². The molecule has 0 bridgehead atoms. The summed E-state index contributed by atoms with van der Waals surface area (Å²) >= 11 is 0. The van der Waals surface area contributed by atoms with E-state index in [2.05, 4.69) is 201 Å². The summed E-state index contributed by atoms with van der Waals surface area (Å²) < 4.78 is 7.15. The van der Waals surface area contributed by atoms with Gasteiger partial charge in [0.2, 0.25) is 0 Å². The Balaban J connectivity index is 0.00000330. The van der Waals surface area contributed by atoms with Crippen molar-refractivity contribution in [3.63, 3.8) is 0 Å². The molecule has 9 aromatic carbocycles. The smallest absolute Gasteiger partial charge is 0.514 e. The van der Waals surface area contributed by atoms with Crippen LogP contribution in [-0.4, -0.2) is 24.9 Å². The number of benzene rings is 9. The van der Waals surface area contributed by atoms with Crippen LogP contribution < -0.4 is 4.74 Å². The maximum atomic E-state index is 7.15. The summed E-state index contributed by atoms with van der Waals surface area (Å²) in [6, 6.07) is 94.6. The third-order valence-corrected chi connectivity index (χ3v) is 13.6. The molecule has 13 aromatic rings. The maximum Gasteiger partial charge on any atom is 3.00 e. The van der Waals surface area contributed by atoms with Gasteiger partial charge in [-0.25, -0.2) is 17.7 Å². The summed E-state index contributed by atoms with van der Waals surface area (Å²) in [6.45, 7) is 0. The molecule has 0 amide bonds. The first-order chi connectivity index (χ1) is 38.2. The molecule has 0 aliphatic heterocycles. The van der Waals surface area contributed by atoms with Gasteiger partial charge >= 0.3 is 41.2 Å². The summed E-state index contributed by atoms with van der Waals surface area (Å²) in [4.78, 5) is 23.0. The molecule has 0 fully saturated rings. The Kier molecular flexibility index (Phi) is 15.6. The molecule has 0 radical (unpaired) electrons. The molecule has 4 aromatic heterocycles. The van der Waals surface area contributed by atoms with Gasteiger partial charge in [0, 0.05) is 36.7 Å². The Morgan fingerprint density at radius 1 is 0.316 bits per heavy atom. The summed E-state index contributed by atoms with van der Waals surface area (Å²) in [5, 5.41) is 1.89. The number of nitrogens with zero attached hydrogens (tertiary/aromatic N) is 5. The molecule has 0 unspecified atom stereocenters. The van der Waals surface area contributed by atoms with Gasteiger partial charge in [0.25, 0.3) is 0 Å². The van der Waals surface area contributed by atoms with Crippen LogP contribution in [0.5, 0.6) is 11.5 Å². The molecule has 79 heavy (non-hydrogen) atoms. The number of ether oxygens (including phenoxy) is 1. The number of fused-ring (bicyclic) bond motifs is 1. The molecule has 0 atom stereocenters. The van der Waals surface area contributed by atoms with Crippen LogP contribution in [0.2, 0.25) is 0 Å². The van der Waals surface area contributed by atoms with Crippen LogP contribution >= 0.6 is 0 Å². The minimum Gasteiger partial charge on any atom is -0.514 e. The van der Waals surface area contributed by atoms with Gasteiger partial charge < -0.3 is 29.7 Å². The molecule has 0 saturated heterocycles. The quantitative estimate of drug-likeness (QED) is 0.114. The standard InChI is InChI=1S/C71H42N5O.Ir.Pt/c1-2-22-63-52(16-1)42-57(68-26-11-14-39-74-68)47-69(63)77-70-46-53(71-75-40-15-41-76-71)35-36-65(70)64-23-8-7-21-62(64)56-44-54(60-19-5-3-17-58(60)48-27-31-50(32-28-48)66-24-9-12-37-72-66)43-55(45-56)61-20-6-4-18-59(61)49-29-33-51(34-30-49)67-25-10-13-38-73-67;;/h1-31,33,36-45H;;/q-5;+3;+2. The SMILES string of the molecule is [Ir+3].[Pt+2].[c-]1cc(-c2ccccc2-c2cc(-c3ccccc3-c3c[c-]c(-c4ccccn4)cc3)cc(-c3ccccc3-c3c[c-]c(-c4ccccn4)cc3)c2)c(Oc2[c-]c(-c3ccccn3)cc3ccccc23)[c-]c1-c1ncccn1. The Hall–Kier alpha value is -9.09. The van der Waals surface area contributed by atoms with Crippen molar-refractivity contribution < 1.29 is 45.9 Å². The molecular formula is C71H42IrN5OPt. The van der Waals surface area contributed by atoms with E-state index in [0.29, 0.717) is 22.9 Å². The molecule has 0 spiro atoms. The summed E-state index contributed by atoms with van der Waals surface area (Å²) in [5.41, 5.74) is 18.0. The number of pyridine rings is 3. The van der Waals surface area contributed by atoms with Gasteiger partial charge in [0.05, 0.1) is 0 Å². The molecular weight excluding hydrogens is 1330 g/mol. The molecule has 8 heteroatoms. The number of hydrogen-bond donors (Lipinski definition) is 0. The van der Waals surface area contributed by atoms with Gasteiger partial charge in [-0.15, -0.1) is 76.9 Å². The zero-order chi connectivity index (χ0) is 51.3. The maximum absolute atomic E-state index is 7.15. The third-order valence-electron chi connectivity index (χ3n) is 13.6. The van der Waals surface area contributed by atoms with E-state index in [1.165, 1.54) is 0 Å². The molecule has 4 heterocycles. The third kappa shape index (κ3) is 10.9. The number of rotatable bonds is 12. The van der Waals surface area contributed by atoms with Gasteiger partial charge in [-0.3, -0.25) is 6.07 Å². The zero-order valence-electron chi connectivity index (χ0n) is 42.0. The fraction of sp³-hybridized carbons (Fsp3) is 0. The number of aromatic nitrogens is 5. The predicted octanol–water partition coefficient (Wildman–Crippen LogP) is 17.3. The predicted molar refractivity (Wildman–Crippen MR) is 308 cm³/mol. The monoisotopic (exact) mass is 1370 g/mol. The minimum absolute atomic E-state index is 0. The van der Waals surface area contributed by atoms with Crippen LogP contribution in [0.1, 0.15) is 0 Å². The Morgan fingerprint density at radius 2 is 0.759 bits per heavy atom. The van der Waals surface area contributed by atoms with Crippen molar-refractivity contribution in [3.05, 3.63) is 286 Å². The van der Waals surface area contributed by atoms with E-state index in [1.807, 2.05) is 85.2 Å². The first kappa shape index (κ1) is 52.0. The van der Waals surface area contributed by atoms with Gasteiger partial charge in [-0.05, 0) is 105 Å². The first-order valence-electron chi connectivity index (χ1n) is 25.3. The van der Waals surface area contributed by atoms with Crippen molar-refractivity contribution in [2.75, 3.05) is 0 Å². The molecule has 0 aliphatic rings. The van der Waals surface area contributed by atoms with Gasteiger partial charge in [0.1, 0.15) is 0 Å². The van der Waals surface area contributed by atoms with E-state index < -0.39 is 0 Å². The average molecular weight is 1370 g/mol. The van der Waals surface area contributed by atoms with Crippen molar-refractivity contribution in [1.82, 2.24) is 24.9 Å². The largest absolute Gasteiger partial charge is 3.00 e. The van der Waals surface area contributed by atoms with Crippen LogP contribution in [0.15, 0.2) is 255 Å². The van der Waals surface area contributed by atoms with Crippen molar-refractivity contribution in [2.24, 2.45) is 0 Å². The second kappa shape index (κ2) is 23.7. The molecule has 0 N–H and O–H groups in total. The van der Waals surface area contributed by atoms with Crippen molar-refractivity contribution in [2.45, 2.75) is 0 Å². The normalized spacial score (nSPS) is 10.8. The summed E-state index contributed by atoms with van der Waals surface area (Å²) in [5.74, 6) is 1.50. The van der Waals surface area contributed by atoms with Gasteiger partial charge in [0.15, 0.2) is 0 Å². The number of hydrogen-bond acceptors (Lipinski definition) is 6. The van der Waals surface area contributed by atoms with Crippen LogP contribution in [0.25, 0.3) is 123 Å². The topological polar surface area (TPSA) is 73.7 Å². The average Bonchev–Trinajstić information content (AvgIpc) is 3.63. The van der Waals surface area contributed by atoms with E-state index in [-0.39, 0.29) is 41.2 Å². The molecule has 13 rings (SSSR count). The van der Waals surface area contributed by atoms with Gasteiger partial charge in [-0.2, -0.15) is 0 Å². The minimum atomic E-state index is 0. The second-order valence-electron chi connectivity index (χ2n) is 18.4. The Labute approximate surface area is 487 Å². The van der Waals surface area contributed by atoms with Crippen LogP contribution in [0.4, 0.5) is 0 Å². The molecule has 0 aliphatic carbocycles. The van der Waals surface area contributed by atoms with Crippen LogP contribution in [0.3, 0.4) is 0 Å². The molecule has 0 saturated carbocycles. The first-order valence-corrected chi connectivity index (χ1v) is 25.3.